The van der Waals surface area contributed by atoms with Crippen LogP contribution in [0.1, 0.15) is 32.6 Å². The van der Waals surface area contributed by atoms with Gasteiger partial charge in [-0.2, -0.15) is 0 Å². The van der Waals surface area contributed by atoms with Crippen LogP contribution in [0.5, 0.6) is 0 Å². The quantitative estimate of drug-likeness (QED) is 0.882. The van der Waals surface area contributed by atoms with Gasteiger partial charge < -0.3 is 5.73 Å². The summed E-state index contributed by atoms with van der Waals surface area (Å²) < 4.78 is 1.88. The smallest absolute Gasteiger partial charge is 0.184 e. The van der Waals surface area contributed by atoms with Crippen molar-refractivity contribution in [2.45, 2.75) is 39.2 Å². The summed E-state index contributed by atoms with van der Waals surface area (Å²) in [6, 6.07) is 5.43. The molecule has 0 spiro atoms. The average Bonchev–Trinajstić information content (AvgIpc) is 2.89. The SMILES string of the molecule is CC1CCCCC1Cn1nnnc1-c1ccc(Cl)cc1N. The third kappa shape index (κ3) is 3.02. The van der Waals surface area contributed by atoms with Crippen LogP contribution in [0.2, 0.25) is 5.02 Å². The Kier molecular flexibility index (Phi) is 4.10. The first-order chi connectivity index (χ1) is 10.1. The summed E-state index contributed by atoms with van der Waals surface area (Å²) >= 11 is 5.95. The van der Waals surface area contributed by atoms with Crippen molar-refractivity contribution in [1.82, 2.24) is 20.2 Å². The predicted octanol–water partition coefficient (Wildman–Crippen LogP) is 3.40. The number of hydrogen-bond donors (Lipinski definition) is 1. The number of hydrogen-bond acceptors (Lipinski definition) is 4. The highest BCUT2D eigenvalue weighted by Gasteiger charge is 2.24. The Morgan fingerprint density at radius 1 is 1.33 bits per heavy atom. The topological polar surface area (TPSA) is 69.6 Å². The molecule has 1 aromatic heterocycles. The Bertz CT molecular complexity index is 624. The zero-order valence-corrected chi connectivity index (χ0v) is 12.9. The highest BCUT2D eigenvalue weighted by atomic mass is 35.5. The maximum atomic E-state index is 6.05. The molecule has 5 nitrogen and oxygen atoms in total. The fourth-order valence-electron chi connectivity index (χ4n) is 3.14. The van der Waals surface area contributed by atoms with E-state index in [0.717, 1.165) is 23.9 Å². The molecule has 1 aliphatic carbocycles. The second-order valence-electron chi connectivity index (χ2n) is 5.94. The Morgan fingerprint density at radius 3 is 2.90 bits per heavy atom. The standard InChI is InChI=1S/C15H20ClN5/c1-10-4-2-3-5-11(10)9-21-15(18-19-20-21)13-7-6-12(16)8-14(13)17/h6-8,10-11H,2-5,9,17H2,1H3. The second-order valence-corrected chi connectivity index (χ2v) is 6.37. The maximum Gasteiger partial charge on any atom is 0.184 e. The van der Waals surface area contributed by atoms with Gasteiger partial charge in [-0.1, -0.05) is 37.8 Å². The summed E-state index contributed by atoms with van der Waals surface area (Å²) in [5.74, 6) is 2.08. The van der Waals surface area contributed by atoms with Gasteiger partial charge in [-0.3, -0.25) is 0 Å². The van der Waals surface area contributed by atoms with Gasteiger partial charge in [-0.15, -0.1) is 5.10 Å². The number of aromatic nitrogens is 4. The van der Waals surface area contributed by atoms with E-state index in [4.69, 9.17) is 17.3 Å². The Balaban J connectivity index is 1.86. The molecular weight excluding hydrogens is 286 g/mol. The van der Waals surface area contributed by atoms with Crippen molar-refractivity contribution in [3.63, 3.8) is 0 Å². The molecule has 0 amide bonds. The van der Waals surface area contributed by atoms with Gasteiger partial charge in [0.15, 0.2) is 5.82 Å². The van der Waals surface area contributed by atoms with Crippen LogP contribution in [0.3, 0.4) is 0 Å². The molecule has 2 unspecified atom stereocenters. The molecule has 1 heterocycles. The molecule has 0 radical (unpaired) electrons. The fraction of sp³-hybridized carbons (Fsp3) is 0.533. The van der Waals surface area contributed by atoms with Crippen LogP contribution >= 0.6 is 11.6 Å². The van der Waals surface area contributed by atoms with Gasteiger partial charge in [-0.05, 0) is 46.9 Å². The minimum atomic E-state index is 0.607. The van der Waals surface area contributed by atoms with Crippen LogP contribution in [-0.2, 0) is 6.54 Å². The lowest BCUT2D eigenvalue weighted by Crippen LogP contribution is -2.23. The monoisotopic (exact) mass is 305 g/mol. The molecule has 2 aromatic rings. The highest BCUT2D eigenvalue weighted by molar-refractivity contribution is 6.31. The van der Waals surface area contributed by atoms with Crippen LogP contribution in [-0.4, -0.2) is 20.2 Å². The molecule has 2 N–H and O–H groups in total. The molecule has 1 aromatic carbocycles. The molecule has 112 valence electrons. The minimum Gasteiger partial charge on any atom is -0.398 e. The Hall–Kier alpha value is -1.62. The van der Waals surface area contributed by atoms with E-state index in [1.165, 1.54) is 25.7 Å². The van der Waals surface area contributed by atoms with E-state index in [0.29, 0.717) is 16.6 Å². The van der Waals surface area contributed by atoms with Crippen molar-refractivity contribution < 1.29 is 0 Å². The van der Waals surface area contributed by atoms with E-state index < -0.39 is 0 Å². The van der Waals surface area contributed by atoms with Gasteiger partial charge in [0.25, 0.3) is 0 Å². The third-order valence-electron chi connectivity index (χ3n) is 4.48. The second kappa shape index (κ2) is 6.02. The van der Waals surface area contributed by atoms with Crippen molar-refractivity contribution in [3.8, 4) is 11.4 Å². The first-order valence-electron chi connectivity index (χ1n) is 7.46. The summed E-state index contributed by atoms with van der Waals surface area (Å²) in [5, 5.41) is 12.7. The van der Waals surface area contributed by atoms with Gasteiger partial charge in [-0.25, -0.2) is 4.68 Å². The molecule has 1 aliphatic rings. The van der Waals surface area contributed by atoms with Gasteiger partial charge >= 0.3 is 0 Å². The van der Waals surface area contributed by atoms with E-state index >= 15 is 0 Å². The highest BCUT2D eigenvalue weighted by Crippen LogP contribution is 2.32. The van der Waals surface area contributed by atoms with E-state index in [9.17, 15) is 0 Å². The summed E-state index contributed by atoms with van der Waals surface area (Å²) in [6.07, 6.45) is 5.18. The molecule has 6 heteroatoms. The number of halogens is 1. The lowest BCUT2D eigenvalue weighted by molar-refractivity contribution is 0.221. The average molecular weight is 306 g/mol. The molecule has 0 aliphatic heterocycles. The van der Waals surface area contributed by atoms with Crippen LogP contribution in [0.4, 0.5) is 5.69 Å². The summed E-state index contributed by atoms with van der Waals surface area (Å²) in [7, 11) is 0. The lowest BCUT2D eigenvalue weighted by atomic mass is 9.80. The van der Waals surface area contributed by atoms with Crippen LogP contribution in [0.15, 0.2) is 18.2 Å². The summed E-state index contributed by atoms with van der Waals surface area (Å²) in [5.41, 5.74) is 7.50. The number of benzene rings is 1. The van der Waals surface area contributed by atoms with Crippen LogP contribution in [0, 0.1) is 11.8 Å². The van der Waals surface area contributed by atoms with Gasteiger partial charge in [0.2, 0.25) is 0 Å². The first-order valence-corrected chi connectivity index (χ1v) is 7.84. The van der Waals surface area contributed by atoms with Gasteiger partial charge in [0, 0.05) is 22.8 Å². The van der Waals surface area contributed by atoms with E-state index in [-0.39, 0.29) is 0 Å². The summed E-state index contributed by atoms with van der Waals surface area (Å²) in [6.45, 7) is 3.18. The van der Waals surface area contributed by atoms with E-state index in [2.05, 4.69) is 22.4 Å². The van der Waals surface area contributed by atoms with E-state index in [1.807, 2.05) is 16.8 Å². The molecule has 0 bridgehead atoms. The third-order valence-corrected chi connectivity index (χ3v) is 4.72. The molecule has 2 atom stereocenters. The number of rotatable bonds is 3. The predicted molar refractivity (Wildman–Crippen MR) is 83.8 cm³/mol. The molecule has 0 saturated heterocycles. The zero-order chi connectivity index (χ0) is 14.8. The Labute approximate surface area is 129 Å². The molecule has 1 fully saturated rings. The molecule has 21 heavy (non-hydrogen) atoms. The fourth-order valence-corrected chi connectivity index (χ4v) is 3.32. The largest absolute Gasteiger partial charge is 0.398 e. The maximum absolute atomic E-state index is 6.05. The number of anilines is 1. The summed E-state index contributed by atoms with van der Waals surface area (Å²) in [4.78, 5) is 0. The molecular formula is C15H20ClN5. The lowest BCUT2D eigenvalue weighted by Gasteiger charge is -2.28. The number of nitrogens with two attached hydrogens (primary N) is 1. The van der Waals surface area contributed by atoms with Crippen molar-refractivity contribution in [3.05, 3.63) is 23.2 Å². The minimum absolute atomic E-state index is 0.607. The van der Waals surface area contributed by atoms with Crippen molar-refractivity contribution in [2.24, 2.45) is 11.8 Å². The number of nitrogen functional groups attached to an aromatic ring is 1. The van der Waals surface area contributed by atoms with Crippen molar-refractivity contribution in [2.75, 3.05) is 5.73 Å². The molecule has 3 rings (SSSR count). The number of tetrazole rings is 1. The van der Waals surface area contributed by atoms with Gasteiger partial charge in [0.05, 0.1) is 0 Å². The molecule has 1 saturated carbocycles. The zero-order valence-electron chi connectivity index (χ0n) is 12.2. The van der Waals surface area contributed by atoms with Crippen LogP contribution < -0.4 is 5.73 Å². The Morgan fingerprint density at radius 2 is 2.14 bits per heavy atom. The van der Waals surface area contributed by atoms with Crippen LogP contribution in [0.25, 0.3) is 11.4 Å². The van der Waals surface area contributed by atoms with Gasteiger partial charge in [0.1, 0.15) is 0 Å². The normalized spacial score (nSPS) is 22.4. The number of nitrogens with zero attached hydrogens (tertiary/aromatic N) is 4. The van der Waals surface area contributed by atoms with Crippen molar-refractivity contribution in [1.29, 1.82) is 0 Å². The first kappa shape index (κ1) is 14.3. The van der Waals surface area contributed by atoms with E-state index in [1.54, 1.807) is 6.07 Å². The van der Waals surface area contributed by atoms with Crippen molar-refractivity contribution >= 4 is 17.3 Å².